The van der Waals surface area contributed by atoms with Gasteiger partial charge in [0.25, 0.3) is 5.91 Å². The molecule has 196 valence electrons. The Labute approximate surface area is 225 Å². The van der Waals surface area contributed by atoms with Crippen LogP contribution >= 0.6 is 0 Å². The zero-order chi connectivity index (χ0) is 27.5. The summed E-state index contributed by atoms with van der Waals surface area (Å²) >= 11 is 0. The molecule has 3 aromatic carbocycles. The first kappa shape index (κ1) is 25.6. The van der Waals surface area contributed by atoms with Crippen molar-refractivity contribution in [3.63, 3.8) is 0 Å². The molecule has 0 fully saturated rings. The third kappa shape index (κ3) is 5.62. The van der Waals surface area contributed by atoms with E-state index in [-0.39, 0.29) is 17.8 Å². The summed E-state index contributed by atoms with van der Waals surface area (Å²) in [6.07, 6.45) is 3.51. The van der Waals surface area contributed by atoms with Gasteiger partial charge in [0.05, 0.1) is 29.0 Å². The van der Waals surface area contributed by atoms with Crippen molar-refractivity contribution in [1.82, 2.24) is 19.5 Å². The highest BCUT2D eigenvalue weighted by atomic mass is 19.1. The molecule has 4 N–H and O–H groups in total. The second kappa shape index (κ2) is 10.7. The standard InChI is InChI=1S/C30H28FN7O/c1-18(2)38-19(3)34-17-28(38)26-14-15-33-30(37-26)35-24-11-6-21(7-12-24)29(39)36-27-16-22(8-13-25(27)32)20-4-9-23(31)10-5-20/h4-18H,32H2,1-3H3,(H,36,39)(H,33,35,37). The molecule has 39 heavy (non-hydrogen) atoms. The van der Waals surface area contributed by atoms with Crippen molar-refractivity contribution in [3.8, 4) is 22.5 Å². The summed E-state index contributed by atoms with van der Waals surface area (Å²) < 4.78 is 15.4. The molecular weight excluding hydrogens is 493 g/mol. The summed E-state index contributed by atoms with van der Waals surface area (Å²) in [4.78, 5) is 26.4. The fourth-order valence-electron chi connectivity index (χ4n) is 4.37. The molecular formula is C30H28FN7O. The van der Waals surface area contributed by atoms with Gasteiger partial charge in [0, 0.05) is 23.5 Å². The summed E-state index contributed by atoms with van der Waals surface area (Å²) in [6, 6.07) is 20.5. The number of aromatic nitrogens is 4. The maximum Gasteiger partial charge on any atom is 0.255 e. The lowest BCUT2D eigenvalue weighted by molar-refractivity contribution is 0.102. The van der Waals surface area contributed by atoms with Gasteiger partial charge < -0.3 is 20.9 Å². The minimum atomic E-state index is -0.311. The number of benzene rings is 3. The van der Waals surface area contributed by atoms with E-state index >= 15 is 0 Å². The molecule has 0 radical (unpaired) electrons. The molecule has 1 amide bonds. The average molecular weight is 522 g/mol. The number of nitrogen functional groups attached to an aromatic ring is 1. The highest BCUT2D eigenvalue weighted by Gasteiger charge is 2.14. The third-order valence-corrected chi connectivity index (χ3v) is 6.30. The van der Waals surface area contributed by atoms with Gasteiger partial charge in [-0.2, -0.15) is 0 Å². The summed E-state index contributed by atoms with van der Waals surface area (Å²) in [5.41, 5.74) is 11.5. The number of anilines is 4. The lowest BCUT2D eigenvalue weighted by atomic mass is 10.0. The Balaban J connectivity index is 1.29. The number of hydrogen-bond acceptors (Lipinski definition) is 6. The van der Waals surface area contributed by atoms with Crippen molar-refractivity contribution in [2.45, 2.75) is 26.8 Å². The van der Waals surface area contributed by atoms with Crippen LogP contribution < -0.4 is 16.4 Å². The Bertz CT molecular complexity index is 1630. The molecule has 0 spiro atoms. The predicted molar refractivity (Wildman–Crippen MR) is 152 cm³/mol. The van der Waals surface area contributed by atoms with Gasteiger partial charge >= 0.3 is 0 Å². The molecule has 0 unspecified atom stereocenters. The van der Waals surface area contributed by atoms with E-state index in [4.69, 9.17) is 5.73 Å². The van der Waals surface area contributed by atoms with Crippen LogP contribution in [0.15, 0.2) is 85.2 Å². The van der Waals surface area contributed by atoms with Crippen molar-refractivity contribution in [2.75, 3.05) is 16.4 Å². The molecule has 9 heteroatoms. The van der Waals surface area contributed by atoms with Crippen molar-refractivity contribution in [2.24, 2.45) is 0 Å². The second-order valence-corrected chi connectivity index (χ2v) is 9.39. The predicted octanol–water partition coefficient (Wildman–Crippen LogP) is 6.61. The molecule has 2 heterocycles. The topological polar surface area (TPSA) is 111 Å². The third-order valence-electron chi connectivity index (χ3n) is 6.30. The molecule has 0 aliphatic carbocycles. The quantitative estimate of drug-likeness (QED) is 0.208. The number of hydrogen-bond donors (Lipinski definition) is 3. The Hall–Kier alpha value is -5.05. The van der Waals surface area contributed by atoms with Crippen LogP contribution in [0.1, 0.15) is 36.1 Å². The highest BCUT2D eigenvalue weighted by molar-refractivity contribution is 6.06. The first-order chi connectivity index (χ1) is 18.8. The molecule has 8 nitrogen and oxygen atoms in total. The smallest absolute Gasteiger partial charge is 0.255 e. The summed E-state index contributed by atoms with van der Waals surface area (Å²) in [5.74, 6) is 0.740. The Kier molecular flexibility index (Phi) is 7.05. The Morgan fingerprint density at radius 3 is 2.38 bits per heavy atom. The van der Waals surface area contributed by atoms with Gasteiger partial charge in [-0.15, -0.1) is 0 Å². The van der Waals surface area contributed by atoms with E-state index in [1.807, 2.05) is 25.3 Å². The number of nitrogens with two attached hydrogens (primary N) is 1. The number of imidazole rings is 1. The van der Waals surface area contributed by atoms with Crippen molar-refractivity contribution < 1.29 is 9.18 Å². The Morgan fingerprint density at radius 2 is 1.67 bits per heavy atom. The lowest BCUT2D eigenvalue weighted by Crippen LogP contribution is -2.13. The van der Waals surface area contributed by atoms with E-state index in [1.165, 1.54) is 12.1 Å². The van der Waals surface area contributed by atoms with Gasteiger partial charge in [0.15, 0.2) is 0 Å². The van der Waals surface area contributed by atoms with Gasteiger partial charge in [-0.1, -0.05) is 18.2 Å². The maximum atomic E-state index is 13.3. The normalized spacial score (nSPS) is 11.0. The first-order valence-corrected chi connectivity index (χ1v) is 12.5. The number of carbonyl (C=O) groups excluding carboxylic acids is 1. The zero-order valence-corrected chi connectivity index (χ0v) is 21.8. The SMILES string of the molecule is Cc1ncc(-c2ccnc(Nc3ccc(C(=O)Nc4cc(-c5ccc(F)cc5)ccc4N)cc3)n2)n1C(C)C. The second-order valence-electron chi connectivity index (χ2n) is 9.39. The number of halogens is 1. The van der Waals surface area contributed by atoms with E-state index in [0.717, 1.165) is 34.0 Å². The number of rotatable bonds is 7. The minimum Gasteiger partial charge on any atom is -0.397 e. The monoisotopic (exact) mass is 521 g/mol. The van der Waals surface area contributed by atoms with E-state index in [9.17, 15) is 9.18 Å². The van der Waals surface area contributed by atoms with Crippen LogP contribution in [0.5, 0.6) is 0 Å². The van der Waals surface area contributed by atoms with E-state index in [2.05, 4.69) is 44.0 Å². The number of aryl methyl sites for hydroxylation is 1. The average Bonchev–Trinajstić information content (AvgIpc) is 3.32. The number of amides is 1. The van der Waals surface area contributed by atoms with Crippen molar-refractivity contribution >= 4 is 28.9 Å². The molecule has 0 saturated carbocycles. The number of nitrogens with zero attached hydrogens (tertiary/aromatic N) is 4. The maximum absolute atomic E-state index is 13.3. The lowest BCUT2D eigenvalue weighted by Gasteiger charge is -2.14. The highest BCUT2D eigenvalue weighted by Crippen LogP contribution is 2.28. The fourth-order valence-corrected chi connectivity index (χ4v) is 4.37. The van der Waals surface area contributed by atoms with E-state index in [0.29, 0.717) is 22.9 Å². The largest absolute Gasteiger partial charge is 0.397 e. The van der Waals surface area contributed by atoms with Gasteiger partial charge in [-0.3, -0.25) is 4.79 Å². The van der Waals surface area contributed by atoms with Crippen LogP contribution in [0.4, 0.5) is 27.4 Å². The molecule has 0 aliphatic rings. The molecule has 0 bridgehead atoms. The number of carbonyl (C=O) groups is 1. The van der Waals surface area contributed by atoms with Crippen LogP contribution in [0, 0.1) is 12.7 Å². The molecule has 5 rings (SSSR count). The summed E-state index contributed by atoms with van der Waals surface area (Å²) in [5, 5.41) is 6.06. The number of nitrogens with one attached hydrogen (secondary N) is 2. The van der Waals surface area contributed by atoms with Gasteiger partial charge in [0.2, 0.25) is 5.95 Å². The van der Waals surface area contributed by atoms with E-state index in [1.54, 1.807) is 54.7 Å². The molecule has 0 aliphatic heterocycles. The fraction of sp³-hybridized carbons (Fsp3) is 0.133. The van der Waals surface area contributed by atoms with Crippen molar-refractivity contribution in [1.29, 1.82) is 0 Å². The van der Waals surface area contributed by atoms with Gasteiger partial charge in [0.1, 0.15) is 11.6 Å². The molecule has 2 aromatic heterocycles. The van der Waals surface area contributed by atoms with Crippen LogP contribution in [-0.2, 0) is 0 Å². The van der Waals surface area contributed by atoms with Crippen LogP contribution in [-0.4, -0.2) is 25.4 Å². The van der Waals surface area contributed by atoms with Gasteiger partial charge in [-0.25, -0.2) is 19.3 Å². The Morgan fingerprint density at radius 1 is 0.949 bits per heavy atom. The van der Waals surface area contributed by atoms with Gasteiger partial charge in [-0.05, 0) is 86.5 Å². The first-order valence-electron chi connectivity index (χ1n) is 12.5. The van der Waals surface area contributed by atoms with Crippen LogP contribution in [0.3, 0.4) is 0 Å². The summed E-state index contributed by atoms with van der Waals surface area (Å²) in [6.45, 7) is 6.18. The van der Waals surface area contributed by atoms with Crippen molar-refractivity contribution in [3.05, 3.63) is 102 Å². The zero-order valence-electron chi connectivity index (χ0n) is 21.8. The molecule has 0 atom stereocenters. The molecule has 0 saturated heterocycles. The summed E-state index contributed by atoms with van der Waals surface area (Å²) in [7, 11) is 0. The van der Waals surface area contributed by atoms with Crippen LogP contribution in [0.2, 0.25) is 0 Å². The van der Waals surface area contributed by atoms with Crippen LogP contribution in [0.25, 0.3) is 22.5 Å². The minimum absolute atomic E-state index is 0.244. The van der Waals surface area contributed by atoms with E-state index < -0.39 is 0 Å². The molecule has 5 aromatic rings.